The van der Waals surface area contributed by atoms with Gasteiger partial charge in [0.05, 0.1) is 0 Å². The van der Waals surface area contributed by atoms with Crippen molar-refractivity contribution in [2.45, 2.75) is 20.3 Å². The number of rotatable bonds is 5. The first-order chi connectivity index (χ1) is 12.7. The van der Waals surface area contributed by atoms with Crippen molar-refractivity contribution in [3.63, 3.8) is 0 Å². The van der Waals surface area contributed by atoms with E-state index in [9.17, 15) is 18.4 Å². The van der Waals surface area contributed by atoms with Gasteiger partial charge < -0.3 is 9.47 Å². The number of carbonyl (C=O) groups excluding carboxylic acids is 2. The molecule has 0 saturated carbocycles. The Hall–Kier alpha value is -3.28. The minimum atomic E-state index is -0.772. The van der Waals surface area contributed by atoms with E-state index >= 15 is 0 Å². The summed E-state index contributed by atoms with van der Waals surface area (Å²) < 4.78 is 38.4. The fraction of sp³-hybridized carbons (Fsp3) is 0.143. The van der Waals surface area contributed by atoms with E-state index in [2.05, 4.69) is 13.2 Å². The van der Waals surface area contributed by atoms with Crippen LogP contribution in [0.3, 0.4) is 0 Å². The summed E-state index contributed by atoms with van der Waals surface area (Å²) in [5.41, 5.74) is 1.13. The molecule has 2 rings (SSSR count). The molecule has 0 atom stereocenters. The maximum Gasteiger partial charge on any atom is 0.338 e. The fourth-order valence-electron chi connectivity index (χ4n) is 2.10. The summed E-state index contributed by atoms with van der Waals surface area (Å²) in [5, 5.41) is 0. The molecular weight excluding hydrogens is 354 g/mol. The molecule has 0 fully saturated rings. The molecule has 0 heterocycles. The summed E-state index contributed by atoms with van der Waals surface area (Å²) in [6, 6.07) is 3.92. The Labute approximate surface area is 155 Å². The Morgan fingerprint density at radius 2 is 1.67 bits per heavy atom. The lowest BCUT2D eigenvalue weighted by Gasteiger charge is -2.09. The van der Waals surface area contributed by atoms with Crippen molar-refractivity contribution in [2.24, 2.45) is 0 Å². The first-order valence-electron chi connectivity index (χ1n) is 8.01. The molecule has 4 nitrogen and oxygen atoms in total. The van der Waals surface area contributed by atoms with Crippen molar-refractivity contribution in [3.8, 4) is 5.75 Å². The molecule has 0 N–H and O–H groups in total. The monoisotopic (exact) mass is 372 g/mol. The van der Waals surface area contributed by atoms with E-state index in [4.69, 9.17) is 9.47 Å². The molecular formula is C21H18F2O4. The summed E-state index contributed by atoms with van der Waals surface area (Å²) in [4.78, 5) is 23.1. The van der Waals surface area contributed by atoms with E-state index in [0.29, 0.717) is 11.1 Å². The second-order valence-corrected chi connectivity index (χ2v) is 5.97. The molecule has 140 valence electrons. The first kappa shape index (κ1) is 20.0. The van der Waals surface area contributed by atoms with Crippen LogP contribution in [0.1, 0.15) is 25.8 Å². The van der Waals surface area contributed by atoms with Crippen LogP contribution >= 0.6 is 0 Å². The summed E-state index contributed by atoms with van der Waals surface area (Å²) in [6.07, 6.45) is 4.37. The van der Waals surface area contributed by atoms with Crippen molar-refractivity contribution >= 4 is 17.5 Å². The molecule has 27 heavy (non-hydrogen) atoms. The van der Waals surface area contributed by atoms with Crippen molar-refractivity contribution in [1.82, 2.24) is 0 Å². The summed E-state index contributed by atoms with van der Waals surface area (Å²) in [5.74, 6) is -3.51. The number of hydrogen-bond donors (Lipinski definition) is 0. The predicted octanol–water partition coefficient (Wildman–Crippen LogP) is 4.95. The minimum absolute atomic E-state index is 0.138. The van der Waals surface area contributed by atoms with Crippen LogP contribution in [0.2, 0.25) is 0 Å². The lowest BCUT2D eigenvalue weighted by atomic mass is 10.0. The highest BCUT2D eigenvalue weighted by molar-refractivity contribution is 5.89. The van der Waals surface area contributed by atoms with Crippen molar-refractivity contribution < 1.29 is 27.8 Å². The van der Waals surface area contributed by atoms with E-state index in [-0.39, 0.29) is 29.1 Å². The number of halogens is 2. The average Bonchev–Trinajstić information content (AvgIpc) is 2.78. The van der Waals surface area contributed by atoms with Crippen LogP contribution in [-0.4, -0.2) is 11.9 Å². The van der Waals surface area contributed by atoms with E-state index in [1.807, 2.05) is 0 Å². The average molecular weight is 372 g/mol. The van der Waals surface area contributed by atoms with Gasteiger partial charge in [0.15, 0.2) is 23.2 Å². The highest BCUT2D eigenvalue weighted by atomic mass is 19.1. The number of benzene rings is 1. The van der Waals surface area contributed by atoms with Crippen LogP contribution < -0.4 is 4.74 Å². The molecule has 0 bridgehead atoms. The second kappa shape index (κ2) is 8.40. The van der Waals surface area contributed by atoms with Gasteiger partial charge in [-0.25, -0.2) is 18.4 Å². The number of carbonyl (C=O) groups is 2. The van der Waals surface area contributed by atoms with Gasteiger partial charge in [-0.2, -0.15) is 0 Å². The topological polar surface area (TPSA) is 52.6 Å². The molecule has 0 spiro atoms. The normalized spacial score (nSPS) is 13.6. The van der Waals surface area contributed by atoms with E-state index in [1.54, 1.807) is 6.08 Å². The molecule has 6 heteroatoms. The third kappa shape index (κ3) is 5.10. The second-order valence-electron chi connectivity index (χ2n) is 5.97. The lowest BCUT2D eigenvalue weighted by Crippen LogP contribution is -2.09. The maximum atomic E-state index is 14.4. The molecule has 0 aliphatic heterocycles. The quantitative estimate of drug-likeness (QED) is 0.417. The van der Waals surface area contributed by atoms with Gasteiger partial charge in [-0.05, 0) is 55.7 Å². The Morgan fingerprint density at radius 3 is 2.26 bits per heavy atom. The molecule has 1 aromatic rings. The third-order valence-corrected chi connectivity index (χ3v) is 3.55. The highest BCUT2D eigenvalue weighted by Crippen LogP contribution is 2.29. The number of esters is 2. The molecule has 0 unspecified atom stereocenters. The SMILES string of the molecule is C=C(C)C(=O)OC1=C(F)C=C(c2ccc(OC(=O)C(=C)C)c(F)c2)CC=C1. The Bertz CT molecular complexity index is 920. The molecule has 0 aromatic heterocycles. The van der Waals surface area contributed by atoms with Crippen LogP contribution in [-0.2, 0) is 14.3 Å². The Morgan fingerprint density at radius 1 is 1.04 bits per heavy atom. The number of hydrogen-bond acceptors (Lipinski definition) is 4. The Kier molecular flexibility index (Phi) is 6.23. The predicted molar refractivity (Wildman–Crippen MR) is 97.6 cm³/mol. The molecule has 1 aromatic carbocycles. The zero-order valence-corrected chi connectivity index (χ0v) is 15.0. The van der Waals surface area contributed by atoms with Gasteiger partial charge in [0.1, 0.15) is 0 Å². The summed E-state index contributed by atoms with van der Waals surface area (Å²) >= 11 is 0. The lowest BCUT2D eigenvalue weighted by molar-refractivity contribution is -0.134. The smallest absolute Gasteiger partial charge is 0.338 e. The molecule has 0 radical (unpaired) electrons. The van der Waals surface area contributed by atoms with Crippen LogP contribution in [0.25, 0.3) is 5.57 Å². The zero-order valence-electron chi connectivity index (χ0n) is 15.0. The van der Waals surface area contributed by atoms with Gasteiger partial charge in [-0.15, -0.1) is 0 Å². The molecule has 0 amide bonds. The van der Waals surface area contributed by atoms with Crippen molar-refractivity contribution in [3.05, 3.63) is 83.7 Å². The van der Waals surface area contributed by atoms with Crippen LogP contribution in [0, 0.1) is 5.82 Å². The van der Waals surface area contributed by atoms with Gasteiger partial charge >= 0.3 is 11.9 Å². The van der Waals surface area contributed by atoms with Crippen LogP contribution in [0.5, 0.6) is 5.75 Å². The molecule has 0 saturated heterocycles. The van der Waals surface area contributed by atoms with Crippen LogP contribution in [0.15, 0.2) is 72.3 Å². The van der Waals surface area contributed by atoms with E-state index in [1.165, 1.54) is 32.1 Å². The zero-order chi connectivity index (χ0) is 20.1. The standard InChI is InChI=1S/C21H18F2O4/c1-12(2)20(24)26-18-7-5-6-14(10-16(18)22)15-8-9-19(17(23)11-15)27-21(25)13(3)4/h5,7-11H,1,3,6H2,2,4H3. The van der Waals surface area contributed by atoms with Crippen molar-refractivity contribution in [1.29, 1.82) is 0 Å². The van der Waals surface area contributed by atoms with E-state index in [0.717, 1.165) is 12.1 Å². The third-order valence-electron chi connectivity index (χ3n) is 3.55. The van der Waals surface area contributed by atoms with Crippen molar-refractivity contribution in [2.75, 3.05) is 0 Å². The van der Waals surface area contributed by atoms with Gasteiger partial charge in [-0.3, -0.25) is 0 Å². The van der Waals surface area contributed by atoms with Gasteiger partial charge in [0.2, 0.25) is 0 Å². The first-order valence-corrected chi connectivity index (χ1v) is 8.01. The number of allylic oxidation sites excluding steroid dienone is 5. The summed E-state index contributed by atoms with van der Waals surface area (Å²) in [6.45, 7) is 9.77. The van der Waals surface area contributed by atoms with Crippen LogP contribution in [0.4, 0.5) is 8.78 Å². The van der Waals surface area contributed by atoms with Gasteiger partial charge in [0, 0.05) is 11.1 Å². The maximum absolute atomic E-state index is 14.4. The molecule has 1 aliphatic carbocycles. The van der Waals surface area contributed by atoms with E-state index < -0.39 is 23.6 Å². The number of ether oxygens (including phenoxy) is 2. The largest absolute Gasteiger partial charge is 0.420 e. The minimum Gasteiger partial charge on any atom is -0.420 e. The fourth-order valence-corrected chi connectivity index (χ4v) is 2.10. The van der Waals surface area contributed by atoms with Gasteiger partial charge in [-0.1, -0.05) is 25.3 Å². The highest BCUT2D eigenvalue weighted by Gasteiger charge is 2.16. The summed E-state index contributed by atoms with van der Waals surface area (Å²) in [7, 11) is 0. The van der Waals surface area contributed by atoms with Gasteiger partial charge in [0.25, 0.3) is 0 Å². The molecule has 1 aliphatic rings. The Balaban J connectivity index is 2.29.